The first-order valence-corrected chi connectivity index (χ1v) is 6.76. The molecular weight excluding hydrogens is 287 g/mol. The van der Waals surface area contributed by atoms with Gasteiger partial charge in [0.15, 0.2) is 0 Å². The fourth-order valence-electron chi connectivity index (χ4n) is 2.15. The van der Waals surface area contributed by atoms with E-state index in [0.717, 1.165) is 18.4 Å². The van der Waals surface area contributed by atoms with E-state index in [1.54, 1.807) is 17.1 Å². The van der Waals surface area contributed by atoms with E-state index in [4.69, 9.17) is 11.6 Å². The van der Waals surface area contributed by atoms with E-state index in [1.165, 1.54) is 0 Å². The van der Waals surface area contributed by atoms with Crippen molar-refractivity contribution in [2.45, 2.75) is 32.3 Å². The lowest BCUT2D eigenvalue weighted by Crippen LogP contribution is -2.47. The lowest BCUT2D eigenvalue weighted by atomic mass is 9.63. The van der Waals surface area contributed by atoms with E-state index < -0.39 is 5.60 Å². The minimum atomic E-state index is -0.777. The lowest BCUT2D eigenvalue weighted by molar-refractivity contribution is -0.0538. The molecule has 1 aliphatic rings. The second-order valence-electron chi connectivity index (χ2n) is 4.70. The Balaban J connectivity index is 2.85. The molecule has 0 aliphatic heterocycles. The first-order chi connectivity index (χ1) is 7.44. The Labute approximate surface area is 111 Å². The largest absolute Gasteiger partial charge is 0.385 e. The van der Waals surface area contributed by atoms with Crippen molar-refractivity contribution in [1.82, 2.24) is 0 Å². The fourth-order valence-corrected chi connectivity index (χ4v) is 2.89. The smallest absolute Gasteiger partial charge is 0.0916 e. The van der Waals surface area contributed by atoms with Crippen LogP contribution in [0.25, 0.3) is 0 Å². The van der Waals surface area contributed by atoms with Crippen LogP contribution in [0.4, 0.5) is 0 Å². The van der Waals surface area contributed by atoms with Gasteiger partial charge >= 0.3 is 0 Å². The van der Waals surface area contributed by atoms with Crippen molar-refractivity contribution in [3.63, 3.8) is 0 Å². The van der Waals surface area contributed by atoms with E-state index in [2.05, 4.69) is 36.4 Å². The maximum atomic E-state index is 10.4. The van der Waals surface area contributed by atoms with Crippen LogP contribution in [-0.2, 0) is 0 Å². The molecular formula is C13H18BrClO. The van der Waals surface area contributed by atoms with Gasteiger partial charge in [-0.05, 0) is 35.7 Å². The normalized spacial score (nSPS) is 31.5. The number of halogens is 2. The molecule has 0 heterocycles. The summed E-state index contributed by atoms with van der Waals surface area (Å²) in [4.78, 5) is 1.68. The van der Waals surface area contributed by atoms with Crippen molar-refractivity contribution in [1.29, 1.82) is 0 Å². The van der Waals surface area contributed by atoms with Crippen molar-refractivity contribution in [3.8, 4) is 0 Å². The molecule has 0 unspecified atom stereocenters. The quantitative estimate of drug-likeness (QED) is 0.765. The first-order valence-electron chi connectivity index (χ1n) is 5.46. The summed E-state index contributed by atoms with van der Waals surface area (Å²) in [6, 6.07) is 0. The second kappa shape index (κ2) is 5.52. The molecule has 0 amide bonds. The van der Waals surface area contributed by atoms with Crippen LogP contribution in [0, 0.1) is 11.8 Å². The van der Waals surface area contributed by atoms with Gasteiger partial charge in [-0.2, -0.15) is 0 Å². The van der Waals surface area contributed by atoms with Crippen molar-refractivity contribution in [2.75, 3.05) is 0 Å². The van der Waals surface area contributed by atoms with E-state index in [9.17, 15) is 5.11 Å². The maximum Gasteiger partial charge on any atom is 0.0916 e. The zero-order valence-electron chi connectivity index (χ0n) is 9.71. The molecule has 0 aromatic heterocycles. The highest BCUT2D eigenvalue weighted by molar-refractivity contribution is 9.11. The van der Waals surface area contributed by atoms with E-state index in [0.29, 0.717) is 16.9 Å². The number of aliphatic hydroxyl groups is 1. The Morgan fingerprint density at radius 1 is 1.56 bits per heavy atom. The van der Waals surface area contributed by atoms with E-state index in [-0.39, 0.29) is 0 Å². The molecule has 0 spiro atoms. The van der Waals surface area contributed by atoms with Gasteiger partial charge in [-0.25, -0.2) is 0 Å². The van der Waals surface area contributed by atoms with E-state index >= 15 is 0 Å². The van der Waals surface area contributed by atoms with Gasteiger partial charge in [0.1, 0.15) is 0 Å². The molecule has 1 N–H and O–H groups in total. The average Bonchev–Trinajstić information content (AvgIpc) is 2.14. The van der Waals surface area contributed by atoms with Crippen LogP contribution in [-0.4, -0.2) is 10.7 Å². The number of rotatable bonds is 4. The number of hydrogen-bond donors (Lipinski definition) is 1. The predicted octanol–water partition coefficient (Wildman–Crippen LogP) is 4.37. The Hall–Kier alpha value is -0.0500. The summed E-state index contributed by atoms with van der Waals surface area (Å²) in [6.07, 6.45) is 4.93. The van der Waals surface area contributed by atoms with Crippen molar-refractivity contribution in [3.05, 3.63) is 34.3 Å². The molecule has 0 aromatic carbocycles. The Morgan fingerprint density at radius 2 is 2.12 bits per heavy atom. The Bertz CT molecular complexity index is 325. The molecule has 0 bridgehead atoms. The summed E-state index contributed by atoms with van der Waals surface area (Å²) >= 11 is 9.28. The van der Waals surface area contributed by atoms with Crippen LogP contribution in [0.2, 0.25) is 0 Å². The van der Waals surface area contributed by atoms with E-state index in [1.807, 2.05) is 0 Å². The summed E-state index contributed by atoms with van der Waals surface area (Å²) in [7, 11) is 0. The molecule has 1 nitrogen and oxygen atoms in total. The minimum Gasteiger partial charge on any atom is -0.385 e. The number of allylic oxidation sites excluding steroid dienone is 2. The molecule has 1 aliphatic carbocycles. The van der Waals surface area contributed by atoms with Crippen LogP contribution in [0.5, 0.6) is 0 Å². The van der Waals surface area contributed by atoms with Gasteiger partial charge in [0, 0.05) is 10.6 Å². The van der Waals surface area contributed by atoms with Gasteiger partial charge in [-0.15, -0.1) is 0 Å². The van der Waals surface area contributed by atoms with Crippen LogP contribution < -0.4 is 0 Å². The molecule has 16 heavy (non-hydrogen) atoms. The van der Waals surface area contributed by atoms with Gasteiger partial charge < -0.3 is 5.11 Å². The standard InChI is InChI=1S/C13H18BrClO/c1-4-11(12(15)5-6-14)13(16)7-10(8-13)9(2)3/h4-6,9-10,16H,1,7-8H2,2-3H3/b6-5+,12-11-. The predicted molar refractivity (Wildman–Crippen MR) is 73.7 cm³/mol. The molecule has 0 saturated heterocycles. The summed E-state index contributed by atoms with van der Waals surface area (Å²) in [6.45, 7) is 8.10. The highest BCUT2D eigenvalue weighted by Crippen LogP contribution is 2.47. The molecule has 1 fully saturated rings. The van der Waals surface area contributed by atoms with Crippen LogP contribution in [0.3, 0.4) is 0 Å². The van der Waals surface area contributed by atoms with Gasteiger partial charge in [0.05, 0.1) is 5.60 Å². The molecule has 90 valence electrons. The van der Waals surface area contributed by atoms with Gasteiger partial charge in [0.25, 0.3) is 0 Å². The Morgan fingerprint density at radius 3 is 2.50 bits per heavy atom. The third kappa shape index (κ3) is 2.79. The lowest BCUT2D eigenvalue weighted by Gasteiger charge is -2.46. The minimum absolute atomic E-state index is 0.552. The van der Waals surface area contributed by atoms with Gasteiger partial charge in [0.2, 0.25) is 0 Å². The summed E-state index contributed by atoms with van der Waals surface area (Å²) in [5.74, 6) is 1.19. The summed E-state index contributed by atoms with van der Waals surface area (Å²) in [5, 5.41) is 11.0. The fraction of sp³-hybridized carbons (Fsp3) is 0.538. The maximum absolute atomic E-state index is 10.4. The third-order valence-corrected chi connectivity index (χ3v) is 3.91. The van der Waals surface area contributed by atoms with Crippen LogP contribution in [0.1, 0.15) is 26.7 Å². The molecule has 1 saturated carbocycles. The monoisotopic (exact) mass is 304 g/mol. The molecule has 0 aromatic rings. The van der Waals surface area contributed by atoms with Crippen molar-refractivity contribution in [2.24, 2.45) is 11.8 Å². The zero-order valence-corrected chi connectivity index (χ0v) is 12.1. The highest BCUT2D eigenvalue weighted by Gasteiger charge is 2.46. The van der Waals surface area contributed by atoms with Gasteiger partial charge in [-0.3, -0.25) is 0 Å². The topological polar surface area (TPSA) is 20.2 Å². The molecule has 0 radical (unpaired) electrons. The molecule has 0 atom stereocenters. The van der Waals surface area contributed by atoms with Gasteiger partial charge in [-0.1, -0.05) is 54.0 Å². The Kier molecular flexibility index (Phi) is 4.84. The van der Waals surface area contributed by atoms with Crippen LogP contribution in [0.15, 0.2) is 34.3 Å². The first kappa shape index (κ1) is 14.0. The zero-order chi connectivity index (χ0) is 12.3. The highest BCUT2D eigenvalue weighted by atomic mass is 79.9. The second-order valence-corrected chi connectivity index (χ2v) is 5.64. The number of hydrogen-bond acceptors (Lipinski definition) is 1. The SMILES string of the molecule is C=C/C(=C(Cl)\C=C\Br)C1(O)CC(C(C)C)C1. The van der Waals surface area contributed by atoms with Crippen molar-refractivity contribution >= 4 is 27.5 Å². The summed E-state index contributed by atoms with van der Waals surface area (Å²) < 4.78 is 0. The average molecular weight is 306 g/mol. The van der Waals surface area contributed by atoms with Crippen molar-refractivity contribution < 1.29 is 5.11 Å². The molecule has 3 heteroatoms. The summed E-state index contributed by atoms with van der Waals surface area (Å²) in [5.41, 5.74) is -0.0398. The van der Waals surface area contributed by atoms with Crippen LogP contribution >= 0.6 is 27.5 Å². The molecule has 1 rings (SSSR count). The third-order valence-electron chi connectivity index (χ3n) is 3.31.